The van der Waals surface area contributed by atoms with Crippen LogP contribution in [-0.4, -0.2) is 23.8 Å². The zero-order chi connectivity index (χ0) is 10.9. The first-order valence-corrected chi connectivity index (χ1v) is 5.31. The lowest BCUT2D eigenvalue weighted by Gasteiger charge is -2.14. The molecular formula is C12H17NO2. The Morgan fingerprint density at radius 2 is 2.20 bits per heavy atom. The van der Waals surface area contributed by atoms with Crippen molar-refractivity contribution in [3.8, 4) is 0 Å². The van der Waals surface area contributed by atoms with Crippen LogP contribution in [-0.2, 0) is 5.60 Å². The molecule has 1 aliphatic rings. The molecule has 0 amide bonds. The van der Waals surface area contributed by atoms with Crippen molar-refractivity contribution in [1.82, 2.24) is 5.32 Å². The summed E-state index contributed by atoms with van der Waals surface area (Å²) < 4.78 is 0. The van der Waals surface area contributed by atoms with Gasteiger partial charge in [-0.25, -0.2) is 0 Å². The number of hydrogen-bond acceptors (Lipinski definition) is 3. The van der Waals surface area contributed by atoms with Crippen molar-refractivity contribution >= 4 is 0 Å². The highest BCUT2D eigenvalue weighted by Gasteiger charge is 2.42. The molecule has 3 N–H and O–H groups in total. The van der Waals surface area contributed by atoms with E-state index in [1.165, 1.54) is 0 Å². The Morgan fingerprint density at radius 3 is 2.80 bits per heavy atom. The van der Waals surface area contributed by atoms with Crippen LogP contribution in [0.2, 0.25) is 0 Å². The highest BCUT2D eigenvalue weighted by atomic mass is 16.3. The molecule has 1 saturated carbocycles. The van der Waals surface area contributed by atoms with E-state index in [1.54, 1.807) is 0 Å². The van der Waals surface area contributed by atoms with Gasteiger partial charge in [0.05, 0.1) is 11.7 Å². The second kappa shape index (κ2) is 3.93. The molecule has 0 aliphatic heterocycles. The van der Waals surface area contributed by atoms with Gasteiger partial charge in [-0.15, -0.1) is 0 Å². The molecule has 3 nitrogen and oxygen atoms in total. The maximum Gasteiger partial charge on any atom is 0.0914 e. The number of benzene rings is 1. The van der Waals surface area contributed by atoms with Crippen LogP contribution in [0, 0.1) is 0 Å². The van der Waals surface area contributed by atoms with E-state index in [0.29, 0.717) is 6.54 Å². The Morgan fingerprint density at radius 1 is 1.47 bits per heavy atom. The molecule has 0 bridgehead atoms. The fourth-order valence-corrected chi connectivity index (χ4v) is 1.75. The van der Waals surface area contributed by atoms with Gasteiger partial charge in [-0.05, 0) is 31.0 Å². The summed E-state index contributed by atoms with van der Waals surface area (Å²) in [6, 6.07) is 7.59. The van der Waals surface area contributed by atoms with Gasteiger partial charge >= 0.3 is 0 Å². The SMILES string of the molecule is CNCC(O)c1cccc(C2(O)CC2)c1. The zero-order valence-corrected chi connectivity index (χ0v) is 8.90. The standard InChI is InChI=1S/C12H17NO2/c1-13-8-11(14)9-3-2-4-10(7-9)12(15)5-6-12/h2-4,7,11,13-15H,5-6,8H2,1H3. The van der Waals surface area contributed by atoms with E-state index in [2.05, 4.69) is 5.32 Å². The Hall–Kier alpha value is -0.900. The third kappa shape index (κ3) is 2.20. The summed E-state index contributed by atoms with van der Waals surface area (Å²) in [5, 5.41) is 22.7. The maximum atomic E-state index is 9.94. The molecule has 15 heavy (non-hydrogen) atoms. The predicted molar refractivity (Wildman–Crippen MR) is 58.5 cm³/mol. The largest absolute Gasteiger partial charge is 0.387 e. The van der Waals surface area contributed by atoms with Crippen molar-refractivity contribution in [2.45, 2.75) is 24.5 Å². The molecule has 0 spiro atoms. The summed E-state index contributed by atoms with van der Waals surface area (Å²) in [6.07, 6.45) is 1.16. The average molecular weight is 207 g/mol. The summed E-state index contributed by atoms with van der Waals surface area (Å²) in [7, 11) is 1.81. The van der Waals surface area contributed by atoms with E-state index < -0.39 is 11.7 Å². The lowest BCUT2D eigenvalue weighted by molar-refractivity contribution is 0.150. The van der Waals surface area contributed by atoms with Gasteiger partial charge in [0, 0.05) is 6.54 Å². The van der Waals surface area contributed by atoms with Crippen LogP contribution < -0.4 is 5.32 Å². The Kier molecular flexibility index (Phi) is 2.78. The number of likely N-dealkylation sites (N-methyl/N-ethyl adjacent to an activating group) is 1. The minimum atomic E-state index is -0.616. The number of hydrogen-bond donors (Lipinski definition) is 3. The number of aliphatic hydroxyl groups excluding tert-OH is 1. The summed E-state index contributed by atoms with van der Waals surface area (Å²) in [5.41, 5.74) is 1.17. The lowest BCUT2D eigenvalue weighted by Crippen LogP contribution is -2.17. The summed E-state index contributed by atoms with van der Waals surface area (Å²) in [6.45, 7) is 0.530. The van der Waals surface area contributed by atoms with Crippen LogP contribution in [0.25, 0.3) is 0 Å². The molecular weight excluding hydrogens is 190 g/mol. The van der Waals surface area contributed by atoms with Gasteiger partial charge < -0.3 is 15.5 Å². The molecule has 0 radical (unpaired) electrons. The fourth-order valence-electron chi connectivity index (χ4n) is 1.75. The molecule has 1 fully saturated rings. The molecule has 0 aromatic heterocycles. The first-order chi connectivity index (χ1) is 7.15. The maximum absolute atomic E-state index is 9.94. The Balaban J connectivity index is 2.19. The fraction of sp³-hybridized carbons (Fsp3) is 0.500. The molecule has 3 heteroatoms. The van der Waals surface area contributed by atoms with E-state index >= 15 is 0 Å². The van der Waals surface area contributed by atoms with Crippen LogP contribution >= 0.6 is 0 Å². The van der Waals surface area contributed by atoms with Gasteiger partial charge in [0.25, 0.3) is 0 Å². The molecule has 0 heterocycles. The molecule has 1 unspecified atom stereocenters. The number of rotatable bonds is 4. The van der Waals surface area contributed by atoms with Crippen molar-refractivity contribution in [3.05, 3.63) is 35.4 Å². The summed E-state index contributed by atoms with van der Waals surface area (Å²) in [4.78, 5) is 0. The normalized spacial score (nSPS) is 19.9. The lowest BCUT2D eigenvalue weighted by atomic mass is 10.0. The quantitative estimate of drug-likeness (QED) is 0.688. The van der Waals surface area contributed by atoms with Gasteiger partial charge in [-0.2, -0.15) is 0 Å². The molecule has 0 saturated heterocycles. The number of nitrogens with one attached hydrogen (secondary N) is 1. The highest BCUT2D eigenvalue weighted by molar-refractivity contribution is 5.32. The summed E-state index contributed by atoms with van der Waals surface area (Å²) >= 11 is 0. The predicted octanol–water partition coefficient (Wildman–Crippen LogP) is 0.921. The van der Waals surface area contributed by atoms with Crippen molar-refractivity contribution in [2.24, 2.45) is 0 Å². The van der Waals surface area contributed by atoms with Crippen molar-refractivity contribution in [1.29, 1.82) is 0 Å². The van der Waals surface area contributed by atoms with Crippen LogP contribution in [0.3, 0.4) is 0 Å². The second-order valence-corrected chi connectivity index (χ2v) is 4.23. The van der Waals surface area contributed by atoms with E-state index in [9.17, 15) is 10.2 Å². The monoisotopic (exact) mass is 207 g/mol. The molecule has 1 atom stereocenters. The van der Waals surface area contributed by atoms with Gasteiger partial charge in [-0.1, -0.05) is 24.3 Å². The summed E-state index contributed by atoms with van der Waals surface area (Å²) in [5.74, 6) is 0. The molecule has 2 rings (SSSR count). The average Bonchev–Trinajstić information content (AvgIpc) is 2.99. The third-order valence-corrected chi connectivity index (χ3v) is 2.93. The van der Waals surface area contributed by atoms with E-state index in [4.69, 9.17) is 0 Å². The van der Waals surface area contributed by atoms with Crippen LogP contribution in [0.1, 0.15) is 30.1 Å². The first kappa shape index (κ1) is 10.6. The third-order valence-electron chi connectivity index (χ3n) is 2.93. The molecule has 1 aromatic rings. The van der Waals surface area contributed by atoms with Crippen LogP contribution in [0.5, 0.6) is 0 Å². The first-order valence-electron chi connectivity index (χ1n) is 5.31. The molecule has 82 valence electrons. The van der Waals surface area contributed by atoms with Gasteiger partial charge in [0.1, 0.15) is 0 Å². The van der Waals surface area contributed by atoms with Crippen molar-refractivity contribution < 1.29 is 10.2 Å². The molecule has 1 aromatic carbocycles. The van der Waals surface area contributed by atoms with E-state index in [1.807, 2.05) is 31.3 Å². The van der Waals surface area contributed by atoms with Crippen LogP contribution in [0.15, 0.2) is 24.3 Å². The second-order valence-electron chi connectivity index (χ2n) is 4.23. The Labute approximate surface area is 89.8 Å². The van der Waals surface area contributed by atoms with Gasteiger partial charge in [-0.3, -0.25) is 0 Å². The number of aliphatic hydroxyl groups is 2. The van der Waals surface area contributed by atoms with Gasteiger partial charge in [0.2, 0.25) is 0 Å². The zero-order valence-electron chi connectivity index (χ0n) is 8.90. The van der Waals surface area contributed by atoms with Crippen LogP contribution in [0.4, 0.5) is 0 Å². The Bertz CT molecular complexity index is 347. The minimum absolute atomic E-state index is 0.503. The van der Waals surface area contributed by atoms with Crippen molar-refractivity contribution in [3.63, 3.8) is 0 Å². The van der Waals surface area contributed by atoms with Gasteiger partial charge in [0.15, 0.2) is 0 Å². The minimum Gasteiger partial charge on any atom is -0.387 e. The van der Waals surface area contributed by atoms with E-state index in [-0.39, 0.29) is 0 Å². The smallest absolute Gasteiger partial charge is 0.0914 e. The highest BCUT2D eigenvalue weighted by Crippen LogP contribution is 2.45. The topological polar surface area (TPSA) is 52.5 Å². The van der Waals surface area contributed by atoms with Crippen molar-refractivity contribution in [2.75, 3.05) is 13.6 Å². The molecule has 1 aliphatic carbocycles. The van der Waals surface area contributed by atoms with E-state index in [0.717, 1.165) is 24.0 Å².